The maximum absolute atomic E-state index is 13.0. The maximum Gasteiger partial charge on any atom is 0.255 e. The quantitative estimate of drug-likeness (QED) is 0.327. The van der Waals surface area contributed by atoms with Crippen LogP contribution in [0, 0.1) is 27.7 Å². The van der Waals surface area contributed by atoms with Crippen LogP contribution in [0.15, 0.2) is 66.7 Å². The van der Waals surface area contributed by atoms with Crippen LogP contribution in [0.1, 0.15) is 44.0 Å². The molecule has 1 heterocycles. The number of hydrogen-bond donors (Lipinski definition) is 1. The van der Waals surface area contributed by atoms with Crippen molar-refractivity contribution in [3.8, 4) is 5.75 Å². The molecule has 0 saturated heterocycles. The Morgan fingerprint density at radius 2 is 1.74 bits per heavy atom. The number of rotatable bonds is 7. The first kappa shape index (κ1) is 23.6. The van der Waals surface area contributed by atoms with Gasteiger partial charge in [0.25, 0.3) is 5.91 Å². The molecule has 1 N–H and O–H groups in total. The zero-order valence-electron chi connectivity index (χ0n) is 19.9. The second kappa shape index (κ2) is 10.1. The molecule has 1 amide bonds. The van der Waals surface area contributed by atoms with Crippen LogP contribution in [-0.4, -0.2) is 15.7 Å². The van der Waals surface area contributed by atoms with Gasteiger partial charge in [0, 0.05) is 10.6 Å². The molecule has 5 nitrogen and oxygen atoms in total. The molecular weight excluding hydrogens is 446 g/mol. The monoisotopic (exact) mass is 473 g/mol. The lowest BCUT2D eigenvalue weighted by molar-refractivity contribution is 0.102. The summed E-state index contributed by atoms with van der Waals surface area (Å²) in [7, 11) is 0. The van der Waals surface area contributed by atoms with Gasteiger partial charge in [0.2, 0.25) is 0 Å². The Kier molecular flexibility index (Phi) is 7.03. The molecule has 0 aliphatic carbocycles. The lowest BCUT2D eigenvalue weighted by atomic mass is 10.1. The molecule has 6 heteroatoms. The number of aromatic nitrogens is 2. The highest BCUT2D eigenvalue weighted by molar-refractivity contribution is 6.30. The van der Waals surface area contributed by atoms with E-state index in [9.17, 15) is 4.79 Å². The van der Waals surface area contributed by atoms with Gasteiger partial charge in [-0.05, 0) is 80.3 Å². The second-order valence-corrected chi connectivity index (χ2v) is 8.98. The smallest absolute Gasteiger partial charge is 0.255 e. The molecule has 0 bridgehead atoms. The number of ether oxygens (including phenoxy) is 1. The van der Waals surface area contributed by atoms with Crippen molar-refractivity contribution in [1.82, 2.24) is 9.78 Å². The first-order chi connectivity index (χ1) is 16.3. The highest BCUT2D eigenvalue weighted by atomic mass is 35.5. The molecule has 4 rings (SSSR count). The third-order valence-electron chi connectivity index (χ3n) is 5.77. The van der Waals surface area contributed by atoms with Crippen molar-refractivity contribution in [3.63, 3.8) is 0 Å². The van der Waals surface area contributed by atoms with E-state index in [2.05, 4.69) is 16.5 Å². The first-order valence-electron chi connectivity index (χ1n) is 11.2. The molecule has 34 heavy (non-hydrogen) atoms. The fourth-order valence-corrected chi connectivity index (χ4v) is 4.06. The average molecular weight is 474 g/mol. The van der Waals surface area contributed by atoms with Crippen LogP contribution in [0.4, 0.5) is 5.69 Å². The topological polar surface area (TPSA) is 56.1 Å². The van der Waals surface area contributed by atoms with Gasteiger partial charge >= 0.3 is 0 Å². The molecule has 0 aliphatic rings. The van der Waals surface area contributed by atoms with Crippen molar-refractivity contribution in [2.24, 2.45) is 0 Å². The standard InChI is InChI=1S/C28H28ClN3O2/c1-18-11-12-19(2)26(13-18)34-17-23-8-5-9-24(14-23)28(33)30-27-20(3)31-32(21(27)4)16-22-7-6-10-25(29)15-22/h5-15H,16-17H2,1-4H3,(H,30,33). The summed E-state index contributed by atoms with van der Waals surface area (Å²) in [6, 6.07) is 21.3. The number of benzene rings is 3. The van der Waals surface area contributed by atoms with Gasteiger partial charge in [0.15, 0.2) is 0 Å². The molecule has 0 saturated carbocycles. The Morgan fingerprint density at radius 3 is 2.53 bits per heavy atom. The molecular formula is C28H28ClN3O2. The fourth-order valence-electron chi connectivity index (χ4n) is 3.85. The molecule has 174 valence electrons. The van der Waals surface area contributed by atoms with Gasteiger partial charge in [-0.25, -0.2) is 0 Å². The Morgan fingerprint density at radius 1 is 0.971 bits per heavy atom. The van der Waals surface area contributed by atoms with Gasteiger partial charge in [0.1, 0.15) is 12.4 Å². The van der Waals surface area contributed by atoms with E-state index in [0.717, 1.165) is 45.1 Å². The largest absolute Gasteiger partial charge is 0.489 e. The maximum atomic E-state index is 13.0. The van der Waals surface area contributed by atoms with Crippen LogP contribution in [0.2, 0.25) is 5.02 Å². The van der Waals surface area contributed by atoms with E-state index in [1.54, 1.807) is 6.07 Å². The third-order valence-corrected chi connectivity index (χ3v) is 6.00. The fraction of sp³-hybridized carbons (Fsp3) is 0.214. The van der Waals surface area contributed by atoms with Crippen molar-refractivity contribution in [1.29, 1.82) is 0 Å². The van der Waals surface area contributed by atoms with Crippen LogP contribution < -0.4 is 10.1 Å². The SMILES string of the molecule is Cc1ccc(C)c(OCc2cccc(C(=O)Nc3c(C)nn(Cc4cccc(Cl)c4)c3C)c2)c1. The lowest BCUT2D eigenvalue weighted by Gasteiger charge is -2.11. The van der Waals surface area contributed by atoms with Crippen LogP contribution >= 0.6 is 11.6 Å². The predicted octanol–water partition coefficient (Wildman–Crippen LogP) is 6.65. The highest BCUT2D eigenvalue weighted by Gasteiger charge is 2.16. The van der Waals surface area contributed by atoms with Crippen LogP contribution in [0.5, 0.6) is 5.75 Å². The normalized spacial score (nSPS) is 10.9. The van der Waals surface area contributed by atoms with Crippen molar-refractivity contribution < 1.29 is 9.53 Å². The summed E-state index contributed by atoms with van der Waals surface area (Å²) in [5.74, 6) is 0.676. The Balaban J connectivity index is 1.47. The van der Waals surface area contributed by atoms with E-state index in [4.69, 9.17) is 16.3 Å². The molecule has 0 aliphatic heterocycles. The van der Waals surface area contributed by atoms with E-state index in [0.29, 0.717) is 23.7 Å². The number of halogens is 1. The number of carbonyl (C=O) groups is 1. The van der Waals surface area contributed by atoms with Gasteiger partial charge in [-0.15, -0.1) is 0 Å². The van der Waals surface area contributed by atoms with E-state index in [1.807, 2.05) is 87.0 Å². The number of aryl methyl sites for hydroxylation is 3. The molecule has 0 unspecified atom stereocenters. The Bertz CT molecular complexity index is 1340. The molecule has 0 atom stereocenters. The molecule has 1 aromatic heterocycles. The van der Waals surface area contributed by atoms with Crippen LogP contribution in [-0.2, 0) is 13.2 Å². The number of amides is 1. The summed E-state index contributed by atoms with van der Waals surface area (Å²) in [5, 5.41) is 8.35. The summed E-state index contributed by atoms with van der Waals surface area (Å²) in [4.78, 5) is 13.0. The number of nitrogens with one attached hydrogen (secondary N) is 1. The average Bonchev–Trinajstić information content (AvgIpc) is 3.07. The van der Waals surface area contributed by atoms with Gasteiger partial charge in [-0.1, -0.05) is 48.0 Å². The highest BCUT2D eigenvalue weighted by Crippen LogP contribution is 2.23. The van der Waals surface area contributed by atoms with Gasteiger partial charge in [-0.3, -0.25) is 9.48 Å². The summed E-state index contributed by atoms with van der Waals surface area (Å²) in [6.07, 6.45) is 0. The van der Waals surface area contributed by atoms with Crippen molar-refractivity contribution in [3.05, 3.63) is 111 Å². The first-order valence-corrected chi connectivity index (χ1v) is 11.6. The number of hydrogen-bond acceptors (Lipinski definition) is 3. The third kappa shape index (κ3) is 5.49. The molecule has 4 aromatic rings. The van der Waals surface area contributed by atoms with Gasteiger partial charge in [0.05, 0.1) is 23.6 Å². The van der Waals surface area contributed by atoms with Gasteiger partial charge < -0.3 is 10.1 Å². The zero-order valence-corrected chi connectivity index (χ0v) is 20.6. The van der Waals surface area contributed by atoms with E-state index < -0.39 is 0 Å². The van der Waals surface area contributed by atoms with Crippen LogP contribution in [0.3, 0.4) is 0 Å². The molecule has 3 aromatic carbocycles. The number of nitrogens with zero attached hydrogens (tertiary/aromatic N) is 2. The minimum atomic E-state index is -0.179. The predicted molar refractivity (Wildman–Crippen MR) is 137 cm³/mol. The Labute approximate surface area is 205 Å². The summed E-state index contributed by atoms with van der Waals surface area (Å²) in [5.41, 5.74) is 7.16. The summed E-state index contributed by atoms with van der Waals surface area (Å²) >= 11 is 6.11. The zero-order chi connectivity index (χ0) is 24.2. The second-order valence-electron chi connectivity index (χ2n) is 8.55. The summed E-state index contributed by atoms with van der Waals surface area (Å²) in [6.45, 7) is 8.88. The number of anilines is 1. The molecule has 0 spiro atoms. The molecule has 0 fully saturated rings. The minimum absolute atomic E-state index is 0.179. The van der Waals surface area contributed by atoms with Crippen molar-refractivity contribution in [2.45, 2.75) is 40.8 Å². The van der Waals surface area contributed by atoms with Crippen molar-refractivity contribution in [2.75, 3.05) is 5.32 Å². The lowest BCUT2D eigenvalue weighted by Crippen LogP contribution is -2.14. The van der Waals surface area contributed by atoms with E-state index in [1.165, 1.54) is 0 Å². The minimum Gasteiger partial charge on any atom is -0.489 e. The number of carbonyl (C=O) groups excluding carboxylic acids is 1. The van der Waals surface area contributed by atoms with Gasteiger partial charge in [-0.2, -0.15) is 5.10 Å². The van der Waals surface area contributed by atoms with E-state index >= 15 is 0 Å². The van der Waals surface area contributed by atoms with Crippen molar-refractivity contribution >= 4 is 23.2 Å². The van der Waals surface area contributed by atoms with Crippen LogP contribution in [0.25, 0.3) is 0 Å². The molecule has 0 radical (unpaired) electrons. The Hall–Kier alpha value is -3.57. The summed E-state index contributed by atoms with van der Waals surface area (Å²) < 4.78 is 7.89. The van der Waals surface area contributed by atoms with E-state index in [-0.39, 0.29) is 5.91 Å².